The van der Waals surface area contributed by atoms with Gasteiger partial charge in [-0.1, -0.05) is 6.07 Å². The predicted molar refractivity (Wildman–Crippen MR) is 68.6 cm³/mol. The van der Waals surface area contributed by atoms with Gasteiger partial charge in [-0.15, -0.1) is 0 Å². The summed E-state index contributed by atoms with van der Waals surface area (Å²) in [6, 6.07) is 8.07. The summed E-state index contributed by atoms with van der Waals surface area (Å²) in [4.78, 5) is 8.45. The molecule has 2 rings (SSSR count). The SMILES string of the molecule is Cc1ccc(C(N)Cc2ccncc2)c(C)n1. The normalized spacial score (nSPS) is 12.4. The molecule has 3 heteroatoms. The minimum atomic E-state index is -0.00880. The van der Waals surface area contributed by atoms with Crippen LogP contribution >= 0.6 is 0 Å². The summed E-state index contributed by atoms with van der Waals surface area (Å²) >= 11 is 0. The zero-order valence-electron chi connectivity index (χ0n) is 10.2. The molecule has 3 nitrogen and oxygen atoms in total. The van der Waals surface area contributed by atoms with Crippen molar-refractivity contribution in [2.45, 2.75) is 26.3 Å². The average molecular weight is 227 g/mol. The van der Waals surface area contributed by atoms with Crippen LogP contribution < -0.4 is 5.73 Å². The fourth-order valence-corrected chi connectivity index (χ4v) is 1.97. The molecule has 0 aliphatic rings. The van der Waals surface area contributed by atoms with Crippen molar-refractivity contribution >= 4 is 0 Å². The van der Waals surface area contributed by atoms with E-state index in [0.29, 0.717) is 0 Å². The highest BCUT2D eigenvalue weighted by Gasteiger charge is 2.10. The van der Waals surface area contributed by atoms with Crippen molar-refractivity contribution in [2.75, 3.05) is 0 Å². The van der Waals surface area contributed by atoms with Crippen LogP contribution in [0.3, 0.4) is 0 Å². The summed E-state index contributed by atoms with van der Waals surface area (Å²) in [6.45, 7) is 4.00. The minimum absolute atomic E-state index is 0.00880. The molecular formula is C14H17N3. The third kappa shape index (κ3) is 2.88. The van der Waals surface area contributed by atoms with Crippen molar-refractivity contribution in [3.8, 4) is 0 Å². The first-order valence-corrected chi connectivity index (χ1v) is 5.75. The molecule has 88 valence electrons. The van der Waals surface area contributed by atoms with Crippen LogP contribution in [0.1, 0.15) is 28.6 Å². The van der Waals surface area contributed by atoms with E-state index >= 15 is 0 Å². The molecule has 17 heavy (non-hydrogen) atoms. The van der Waals surface area contributed by atoms with Gasteiger partial charge in [0.25, 0.3) is 0 Å². The second kappa shape index (κ2) is 5.06. The number of nitrogens with two attached hydrogens (primary N) is 1. The molecule has 0 aliphatic heterocycles. The highest BCUT2D eigenvalue weighted by Crippen LogP contribution is 2.18. The summed E-state index contributed by atoms with van der Waals surface area (Å²) in [5, 5.41) is 0. The number of hydrogen-bond acceptors (Lipinski definition) is 3. The van der Waals surface area contributed by atoms with Crippen LogP contribution in [-0.4, -0.2) is 9.97 Å². The Balaban J connectivity index is 2.17. The topological polar surface area (TPSA) is 51.8 Å². The summed E-state index contributed by atoms with van der Waals surface area (Å²) in [5.41, 5.74) is 10.6. The molecule has 0 saturated heterocycles. The lowest BCUT2D eigenvalue weighted by molar-refractivity contribution is 0.709. The van der Waals surface area contributed by atoms with Gasteiger partial charge >= 0.3 is 0 Å². The van der Waals surface area contributed by atoms with Crippen LogP contribution in [0.25, 0.3) is 0 Å². The lowest BCUT2D eigenvalue weighted by atomic mass is 9.99. The number of pyridine rings is 2. The third-order valence-corrected chi connectivity index (χ3v) is 2.87. The highest BCUT2D eigenvalue weighted by molar-refractivity contribution is 5.27. The van der Waals surface area contributed by atoms with E-state index in [-0.39, 0.29) is 6.04 Å². The quantitative estimate of drug-likeness (QED) is 0.875. The van der Waals surface area contributed by atoms with E-state index in [4.69, 9.17) is 5.73 Å². The van der Waals surface area contributed by atoms with Gasteiger partial charge in [-0.3, -0.25) is 9.97 Å². The second-order valence-electron chi connectivity index (χ2n) is 4.29. The zero-order chi connectivity index (χ0) is 12.3. The number of rotatable bonds is 3. The Hall–Kier alpha value is -1.74. The minimum Gasteiger partial charge on any atom is -0.324 e. The number of hydrogen-bond donors (Lipinski definition) is 1. The van der Waals surface area contributed by atoms with Crippen molar-refractivity contribution in [1.29, 1.82) is 0 Å². The monoisotopic (exact) mass is 227 g/mol. The van der Waals surface area contributed by atoms with Gasteiger partial charge in [-0.05, 0) is 49.6 Å². The Morgan fingerprint density at radius 1 is 1.12 bits per heavy atom. The second-order valence-corrected chi connectivity index (χ2v) is 4.29. The van der Waals surface area contributed by atoms with Gasteiger partial charge in [-0.25, -0.2) is 0 Å². The molecular weight excluding hydrogens is 210 g/mol. The highest BCUT2D eigenvalue weighted by atomic mass is 14.7. The van der Waals surface area contributed by atoms with Gasteiger partial charge in [0.05, 0.1) is 0 Å². The molecule has 0 radical (unpaired) electrons. The maximum absolute atomic E-state index is 6.22. The van der Waals surface area contributed by atoms with Crippen molar-refractivity contribution in [2.24, 2.45) is 5.73 Å². The summed E-state index contributed by atoms with van der Waals surface area (Å²) in [7, 11) is 0. The van der Waals surface area contributed by atoms with E-state index in [2.05, 4.69) is 16.0 Å². The molecule has 0 aliphatic carbocycles. The molecule has 0 spiro atoms. The van der Waals surface area contributed by atoms with Crippen LogP contribution in [0.5, 0.6) is 0 Å². The first-order chi connectivity index (χ1) is 8.16. The molecule has 0 bridgehead atoms. The molecule has 0 amide bonds. The van der Waals surface area contributed by atoms with Gasteiger partial charge in [-0.2, -0.15) is 0 Å². The number of aromatic nitrogens is 2. The lowest BCUT2D eigenvalue weighted by Gasteiger charge is -2.14. The lowest BCUT2D eigenvalue weighted by Crippen LogP contribution is -2.15. The summed E-state index contributed by atoms with van der Waals surface area (Å²) in [5.74, 6) is 0. The van der Waals surface area contributed by atoms with Gasteiger partial charge in [0.2, 0.25) is 0 Å². The van der Waals surface area contributed by atoms with Crippen molar-refractivity contribution < 1.29 is 0 Å². The van der Waals surface area contributed by atoms with E-state index in [9.17, 15) is 0 Å². The Bertz CT molecular complexity index is 494. The third-order valence-electron chi connectivity index (χ3n) is 2.87. The molecule has 2 N–H and O–H groups in total. The maximum Gasteiger partial charge on any atom is 0.0423 e. The summed E-state index contributed by atoms with van der Waals surface area (Å²) < 4.78 is 0. The molecule has 0 saturated carbocycles. The fourth-order valence-electron chi connectivity index (χ4n) is 1.97. The van der Waals surface area contributed by atoms with Crippen LogP contribution in [0, 0.1) is 13.8 Å². The first kappa shape index (κ1) is 11.7. The average Bonchev–Trinajstić information content (AvgIpc) is 2.30. The van der Waals surface area contributed by atoms with Crippen LogP contribution in [0.4, 0.5) is 0 Å². The van der Waals surface area contributed by atoms with E-state index in [1.807, 2.05) is 32.0 Å². The Kier molecular flexibility index (Phi) is 3.49. The van der Waals surface area contributed by atoms with Gasteiger partial charge in [0, 0.05) is 29.8 Å². The molecule has 0 fully saturated rings. The van der Waals surface area contributed by atoms with Gasteiger partial charge in [0.1, 0.15) is 0 Å². The van der Waals surface area contributed by atoms with Crippen LogP contribution in [0.15, 0.2) is 36.7 Å². The number of aryl methyl sites for hydroxylation is 2. The Labute approximate surface area is 102 Å². The number of nitrogens with zero attached hydrogens (tertiary/aromatic N) is 2. The zero-order valence-corrected chi connectivity index (χ0v) is 10.2. The molecule has 2 aromatic rings. The first-order valence-electron chi connectivity index (χ1n) is 5.75. The predicted octanol–water partition coefficient (Wildman–Crippen LogP) is 2.34. The van der Waals surface area contributed by atoms with E-state index in [1.165, 1.54) is 5.56 Å². The Morgan fingerprint density at radius 2 is 1.82 bits per heavy atom. The van der Waals surface area contributed by atoms with Crippen LogP contribution in [0.2, 0.25) is 0 Å². The molecule has 1 unspecified atom stereocenters. The molecule has 0 aromatic carbocycles. The van der Waals surface area contributed by atoms with Crippen LogP contribution in [-0.2, 0) is 6.42 Å². The van der Waals surface area contributed by atoms with Gasteiger partial charge < -0.3 is 5.73 Å². The van der Waals surface area contributed by atoms with Gasteiger partial charge in [0.15, 0.2) is 0 Å². The van der Waals surface area contributed by atoms with E-state index < -0.39 is 0 Å². The Morgan fingerprint density at radius 3 is 2.47 bits per heavy atom. The van der Waals surface area contributed by atoms with E-state index in [1.54, 1.807) is 12.4 Å². The van der Waals surface area contributed by atoms with Crippen molar-refractivity contribution in [3.05, 3.63) is 59.2 Å². The largest absolute Gasteiger partial charge is 0.324 e. The molecule has 2 heterocycles. The van der Waals surface area contributed by atoms with Crippen molar-refractivity contribution in [3.63, 3.8) is 0 Å². The maximum atomic E-state index is 6.22. The smallest absolute Gasteiger partial charge is 0.0423 e. The molecule has 1 atom stereocenters. The molecule has 2 aromatic heterocycles. The fraction of sp³-hybridized carbons (Fsp3) is 0.286. The standard InChI is InChI=1S/C14H17N3/c1-10-3-4-13(11(2)17-10)14(15)9-12-5-7-16-8-6-12/h3-8,14H,9,15H2,1-2H3. The van der Waals surface area contributed by atoms with E-state index in [0.717, 1.165) is 23.4 Å². The van der Waals surface area contributed by atoms with Crippen molar-refractivity contribution in [1.82, 2.24) is 9.97 Å². The summed E-state index contributed by atoms with van der Waals surface area (Å²) in [6.07, 6.45) is 4.40.